The zero-order chi connectivity index (χ0) is 10.5. The molecule has 0 aliphatic heterocycles. The summed E-state index contributed by atoms with van der Waals surface area (Å²) >= 11 is 0. The average molecular weight is 184 g/mol. The molecule has 3 nitrogen and oxygen atoms in total. The van der Waals surface area contributed by atoms with Gasteiger partial charge in [-0.25, -0.2) is 4.79 Å². The smallest absolute Gasteiger partial charge is 0.337 e. The van der Waals surface area contributed by atoms with Crippen molar-refractivity contribution in [3.05, 3.63) is 25.0 Å². The third kappa shape index (κ3) is 5.96. The average Bonchev–Trinajstić information content (AvgIpc) is 1.96. The Morgan fingerprint density at radius 1 is 1.46 bits per heavy atom. The maximum atomic E-state index is 11.2. The van der Waals surface area contributed by atoms with E-state index in [0.29, 0.717) is 0 Å². The summed E-state index contributed by atoms with van der Waals surface area (Å²) in [4.78, 5) is 11.2. The van der Waals surface area contributed by atoms with Crippen molar-refractivity contribution in [1.29, 1.82) is 0 Å². The number of esters is 1. The minimum atomic E-state index is -0.492. The van der Waals surface area contributed by atoms with Gasteiger partial charge >= 0.3 is 5.97 Å². The van der Waals surface area contributed by atoms with Gasteiger partial charge in [0.25, 0.3) is 0 Å². The molecule has 0 aliphatic carbocycles. The zero-order valence-corrected chi connectivity index (χ0v) is 8.42. The lowest BCUT2D eigenvalue weighted by molar-refractivity contribution is -0.150. The summed E-state index contributed by atoms with van der Waals surface area (Å²) in [5.74, 6) is -0.436. The van der Waals surface area contributed by atoms with E-state index < -0.39 is 11.6 Å². The fourth-order valence-corrected chi connectivity index (χ4v) is 0.569. The van der Waals surface area contributed by atoms with Crippen LogP contribution in [0.3, 0.4) is 0 Å². The minimum absolute atomic E-state index is 0.123. The first-order valence-corrected chi connectivity index (χ1v) is 4.00. The highest BCUT2D eigenvalue weighted by molar-refractivity contribution is 5.88. The van der Waals surface area contributed by atoms with Gasteiger partial charge in [0.1, 0.15) is 12.2 Å². The summed E-state index contributed by atoms with van der Waals surface area (Å²) < 4.78 is 9.84. The monoisotopic (exact) mass is 184 g/mol. The first-order valence-electron chi connectivity index (χ1n) is 4.00. The fraction of sp³-hybridized carbons (Fsp3) is 0.500. The molecule has 0 fully saturated rings. The van der Waals surface area contributed by atoms with Crippen LogP contribution in [0.4, 0.5) is 0 Å². The van der Waals surface area contributed by atoms with Crippen molar-refractivity contribution in [2.24, 2.45) is 0 Å². The lowest BCUT2D eigenvalue weighted by Crippen LogP contribution is -2.25. The van der Waals surface area contributed by atoms with Crippen molar-refractivity contribution in [2.45, 2.75) is 26.4 Å². The Morgan fingerprint density at radius 2 is 2.00 bits per heavy atom. The number of carbonyl (C=O) groups excluding carboxylic acids is 1. The Balaban J connectivity index is 3.97. The molecule has 0 atom stereocenters. The van der Waals surface area contributed by atoms with Crippen molar-refractivity contribution < 1.29 is 14.3 Å². The summed E-state index contributed by atoms with van der Waals surface area (Å²) in [5.41, 5.74) is -0.205. The van der Waals surface area contributed by atoms with E-state index in [1.165, 1.54) is 6.26 Å². The molecule has 3 heteroatoms. The predicted octanol–water partition coefficient (Wildman–Crippen LogP) is 2.04. The van der Waals surface area contributed by atoms with E-state index in [1.807, 2.05) is 0 Å². The van der Waals surface area contributed by atoms with E-state index in [-0.39, 0.29) is 12.2 Å². The summed E-state index contributed by atoms with van der Waals surface area (Å²) in [7, 11) is 0. The molecule has 0 unspecified atom stereocenters. The van der Waals surface area contributed by atoms with Gasteiger partial charge in [-0.1, -0.05) is 13.2 Å². The molecule has 0 radical (unpaired) electrons. The van der Waals surface area contributed by atoms with E-state index >= 15 is 0 Å². The highest BCUT2D eigenvalue weighted by Gasteiger charge is 2.18. The summed E-state index contributed by atoms with van der Waals surface area (Å²) in [6.07, 6.45) is 1.26. The summed E-state index contributed by atoms with van der Waals surface area (Å²) in [6, 6.07) is 0. The Hall–Kier alpha value is -1.25. The van der Waals surface area contributed by atoms with Gasteiger partial charge in [0.15, 0.2) is 0 Å². The Kier molecular flexibility index (Phi) is 4.25. The number of hydrogen-bond acceptors (Lipinski definition) is 3. The third-order valence-corrected chi connectivity index (χ3v) is 1.06. The maximum Gasteiger partial charge on any atom is 0.337 e. The van der Waals surface area contributed by atoms with Gasteiger partial charge < -0.3 is 9.47 Å². The normalized spacial score (nSPS) is 10.4. The molecule has 13 heavy (non-hydrogen) atoms. The van der Waals surface area contributed by atoms with Crippen LogP contribution in [0.5, 0.6) is 0 Å². The molecule has 0 bridgehead atoms. The van der Waals surface area contributed by atoms with Crippen LogP contribution in [0.1, 0.15) is 20.8 Å². The van der Waals surface area contributed by atoms with E-state index in [2.05, 4.69) is 13.2 Å². The van der Waals surface area contributed by atoms with Gasteiger partial charge in [0.05, 0.1) is 11.8 Å². The molecule has 0 N–H and O–H groups in total. The first-order chi connectivity index (χ1) is 5.87. The second-order valence-electron chi connectivity index (χ2n) is 3.58. The number of ether oxygens (including phenoxy) is 2. The molecule has 0 spiro atoms. The van der Waals surface area contributed by atoms with Crippen molar-refractivity contribution in [3.8, 4) is 0 Å². The molecule has 0 saturated heterocycles. The van der Waals surface area contributed by atoms with Crippen LogP contribution in [-0.2, 0) is 14.3 Å². The summed E-state index contributed by atoms with van der Waals surface area (Å²) in [6.45, 7) is 12.4. The van der Waals surface area contributed by atoms with E-state index in [9.17, 15) is 4.79 Å². The summed E-state index contributed by atoms with van der Waals surface area (Å²) in [5, 5.41) is 0. The van der Waals surface area contributed by atoms with E-state index in [4.69, 9.17) is 9.47 Å². The molecule has 0 aliphatic rings. The molecule has 0 aromatic heterocycles. The Morgan fingerprint density at radius 3 is 2.38 bits per heavy atom. The number of rotatable bonds is 4. The Bertz CT molecular complexity index is 211. The predicted molar refractivity (Wildman–Crippen MR) is 51.1 cm³/mol. The van der Waals surface area contributed by atoms with Crippen LogP contribution in [0, 0.1) is 0 Å². The molecule has 0 heterocycles. The second-order valence-corrected chi connectivity index (χ2v) is 3.58. The van der Waals surface area contributed by atoms with Crippen LogP contribution < -0.4 is 0 Å². The third-order valence-electron chi connectivity index (χ3n) is 1.06. The molecular weight excluding hydrogens is 168 g/mol. The van der Waals surface area contributed by atoms with Gasteiger partial charge in [0.2, 0.25) is 0 Å². The molecule has 0 rings (SSSR count). The standard InChI is InChI=1S/C10H16O3/c1-6-12-7-8(2)9(11)13-10(3,4)5/h6H,1-2,7H2,3-5H3. The van der Waals surface area contributed by atoms with Crippen molar-refractivity contribution in [1.82, 2.24) is 0 Å². The zero-order valence-electron chi connectivity index (χ0n) is 8.42. The van der Waals surface area contributed by atoms with Crippen LogP contribution in [-0.4, -0.2) is 18.2 Å². The molecule has 0 amide bonds. The topological polar surface area (TPSA) is 35.5 Å². The number of carbonyl (C=O) groups is 1. The van der Waals surface area contributed by atoms with Crippen molar-refractivity contribution in [3.63, 3.8) is 0 Å². The minimum Gasteiger partial charge on any atom is -0.497 e. The van der Waals surface area contributed by atoms with Gasteiger partial charge in [-0.2, -0.15) is 0 Å². The highest BCUT2D eigenvalue weighted by atomic mass is 16.6. The van der Waals surface area contributed by atoms with Gasteiger partial charge in [0, 0.05) is 0 Å². The van der Waals surface area contributed by atoms with Crippen molar-refractivity contribution >= 4 is 5.97 Å². The van der Waals surface area contributed by atoms with Crippen LogP contribution in [0.15, 0.2) is 25.0 Å². The van der Waals surface area contributed by atoms with E-state index in [0.717, 1.165) is 0 Å². The van der Waals surface area contributed by atoms with Crippen molar-refractivity contribution in [2.75, 3.05) is 6.61 Å². The van der Waals surface area contributed by atoms with E-state index in [1.54, 1.807) is 20.8 Å². The van der Waals surface area contributed by atoms with Crippen LogP contribution >= 0.6 is 0 Å². The lowest BCUT2D eigenvalue weighted by atomic mass is 10.2. The largest absolute Gasteiger partial charge is 0.497 e. The highest BCUT2D eigenvalue weighted by Crippen LogP contribution is 2.10. The van der Waals surface area contributed by atoms with Gasteiger partial charge in [-0.05, 0) is 20.8 Å². The molecule has 0 saturated carbocycles. The van der Waals surface area contributed by atoms with Gasteiger partial charge in [-0.15, -0.1) is 0 Å². The first kappa shape index (κ1) is 11.8. The molecule has 0 aromatic carbocycles. The van der Waals surface area contributed by atoms with Gasteiger partial charge in [-0.3, -0.25) is 0 Å². The second kappa shape index (κ2) is 4.70. The SMILES string of the molecule is C=COCC(=C)C(=O)OC(C)(C)C. The lowest BCUT2D eigenvalue weighted by Gasteiger charge is -2.19. The fourth-order valence-electron chi connectivity index (χ4n) is 0.569. The molecule has 74 valence electrons. The molecular formula is C10H16O3. The van der Waals surface area contributed by atoms with Crippen LogP contribution in [0.2, 0.25) is 0 Å². The molecule has 0 aromatic rings. The number of hydrogen-bond donors (Lipinski definition) is 0. The quantitative estimate of drug-likeness (QED) is 0.381. The maximum absolute atomic E-state index is 11.2. The van der Waals surface area contributed by atoms with Crippen LogP contribution in [0.25, 0.3) is 0 Å². The Labute approximate surface area is 79.0 Å².